The lowest BCUT2D eigenvalue weighted by Crippen LogP contribution is -2.51. The number of pyridine rings is 1. The normalized spacial score (nSPS) is 13.5. The van der Waals surface area contributed by atoms with Crippen molar-refractivity contribution in [2.45, 2.75) is 0 Å². The van der Waals surface area contributed by atoms with Gasteiger partial charge in [-0.05, 0) is 36.4 Å². The summed E-state index contributed by atoms with van der Waals surface area (Å²) in [7, 11) is 0. The summed E-state index contributed by atoms with van der Waals surface area (Å²) in [5.74, 6) is 1.08. The van der Waals surface area contributed by atoms with Crippen molar-refractivity contribution >= 4 is 29.1 Å². The van der Waals surface area contributed by atoms with Crippen LogP contribution in [-0.2, 0) is 4.79 Å². The van der Waals surface area contributed by atoms with Crippen LogP contribution in [0.3, 0.4) is 0 Å². The molecule has 0 bridgehead atoms. The molecule has 4 rings (SSSR count). The van der Waals surface area contributed by atoms with Crippen molar-refractivity contribution in [1.29, 1.82) is 0 Å². The van der Waals surface area contributed by atoms with Crippen molar-refractivity contribution < 1.29 is 9.59 Å². The molecule has 1 saturated heterocycles. The summed E-state index contributed by atoms with van der Waals surface area (Å²) in [6.45, 7) is 2.44. The Kier molecular flexibility index (Phi) is 6.32. The smallest absolute Gasteiger partial charge is 0.251 e. The molecule has 0 unspecified atom stereocenters. The Morgan fingerprint density at radius 2 is 1.61 bits per heavy atom. The quantitative estimate of drug-likeness (QED) is 0.629. The van der Waals surface area contributed by atoms with Gasteiger partial charge in [0.15, 0.2) is 11.6 Å². The molecule has 1 aliphatic heterocycles. The van der Waals surface area contributed by atoms with Gasteiger partial charge >= 0.3 is 0 Å². The van der Waals surface area contributed by atoms with Crippen LogP contribution in [0.4, 0.5) is 17.3 Å². The highest BCUT2D eigenvalue weighted by Crippen LogP contribution is 2.17. The first kappa shape index (κ1) is 20.3. The predicted octanol–water partition coefficient (Wildman–Crippen LogP) is 1.69. The summed E-state index contributed by atoms with van der Waals surface area (Å²) in [5, 5.41) is 14.4. The van der Waals surface area contributed by atoms with E-state index in [-0.39, 0.29) is 18.4 Å². The molecule has 1 fully saturated rings. The summed E-state index contributed by atoms with van der Waals surface area (Å²) >= 11 is 0. The molecule has 2 aromatic heterocycles. The number of rotatable bonds is 6. The SMILES string of the molecule is O=C(NCC(=O)N1CCN(c2ccc(Nc3ccncc3)nn2)CC1)c1ccccc1. The topological polar surface area (TPSA) is 103 Å². The molecule has 1 aliphatic rings. The molecule has 3 heterocycles. The predicted molar refractivity (Wildman–Crippen MR) is 117 cm³/mol. The number of piperazine rings is 1. The third-order valence-electron chi connectivity index (χ3n) is 5.00. The monoisotopic (exact) mass is 417 g/mol. The third kappa shape index (κ3) is 5.33. The average molecular weight is 417 g/mol. The van der Waals surface area contributed by atoms with E-state index >= 15 is 0 Å². The number of benzene rings is 1. The molecule has 0 saturated carbocycles. The lowest BCUT2D eigenvalue weighted by atomic mass is 10.2. The molecular formula is C22H23N7O2. The average Bonchev–Trinajstić information content (AvgIpc) is 2.84. The van der Waals surface area contributed by atoms with Crippen molar-refractivity contribution in [3.8, 4) is 0 Å². The van der Waals surface area contributed by atoms with Gasteiger partial charge in [-0.15, -0.1) is 10.2 Å². The number of amides is 2. The van der Waals surface area contributed by atoms with Gasteiger partial charge in [-0.3, -0.25) is 14.6 Å². The van der Waals surface area contributed by atoms with Gasteiger partial charge in [0, 0.05) is 49.8 Å². The van der Waals surface area contributed by atoms with Crippen molar-refractivity contribution in [3.05, 3.63) is 72.6 Å². The van der Waals surface area contributed by atoms with Gasteiger partial charge < -0.3 is 20.4 Å². The zero-order valence-electron chi connectivity index (χ0n) is 16.9. The number of aromatic nitrogens is 3. The number of carbonyl (C=O) groups excluding carboxylic acids is 2. The number of nitrogens with one attached hydrogen (secondary N) is 2. The van der Waals surface area contributed by atoms with E-state index in [9.17, 15) is 9.59 Å². The molecule has 2 N–H and O–H groups in total. The summed E-state index contributed by atoms with van der Waals surface area (Å²) in [6, 6.07) is 16.4. The molecule has 0 aliphatic carbocycles. The van der Waals surface area contributed by atoms with E-state index in [0.717, 1.165) is 11.5 Å². The molecule has 2 amide bonds. The lowest BCUT2D eigenvalue weighted by molar-refractivity contribution is -0.130. The van der Waals surface area contributed by atoms with Gasteiger partial charge in [0.1, 0.15) is 0 Å². The molecule has 0 spiro atoms. The Balaban J connectivity index is 1.24. The minimum atomic E-state index is -0.247. The standard InChI is InChI=1S/C22H23N7O2/c30-21(16-24-22(31)17-4-2-1-3-5-17)29-14-12-28(13-15-29)20-7-6-19(26-27-20)25-18-8-10-23-11-9-18/h1-11H,12-16H2,(H,24,31)(H,23,25,26). The second-order valence-corrected chi connectivity index (χ2v) is 7.05. The molecule has 0 radical (unpaired) electrons. The highest BCUT2D eigenvalue weighted by atomic mass is 16.2. The fourth-order valence-electron chi connectivity index (χ4n) is 3.29. The van der Waals surface area contributed by atoms with E-state index in [1.165, 1.54) is 0 Å². The molecule has 0 atom stereocenters. The zero-order valence-corrected chi connectivity index (χ0v) is 16.9. The van der Waals surface area contributed by atoms with Crippen LogP contribution in [0.15, 0.2) is 67.0 Å². The van der Waals surface area contributed by atoms with E-state index in [4.69, 9.17) is 0 Å². The largest absolute Gasteiger partial charge is 0.352 e. The second kappa shape index (κ2) is 9.66. The van der Waals surface area contributed by atoms with Gasteiger partial charge in [-0.2, -0.15) is 0 Å². The van der Waals surface area contributed by atoms with Crippen LogP contribution < -0.4 is 15.5 Å². The van der Waals surface area contributed by atoms with Crippen molar-refractivity contribution in [3.63, 3.8) is 0 Å². The van der Waals surface area contributed by atoms with Crippen LogP contribution in [0.25, 0.3) is 0 Å². The Morgan fingerprint density at radius 1 is 0.871 bits per heavy atom. The first-order valence-corrected chi connectivity index (χ1v) is 10.1. The van der Waals surface area contributed by atoms with E-state index in [0.29, 0.717) is 37.6 Å². The van der Waals surface area contributed by atoms with Crippen LogP contribution in [0.2, 0.25) is 0 Å². The third-order valence-corrected chi connectivity index (χ3v) is 5.00. The van der Waals surface area contributed by atoms with Gasteiger partial charge in [0.25, 0.3) is 5.91 Å². The Morgan fingerprint density at radius 3 is 2.29 bits per heavy atom. The fourth-order valence-corrected chi connectivity index (χ4v) is 3.29. The highest BCUT2D eigenvalue weighted by molar-refractivity contribution is 5.96. The molecule has 9 heteroatoms. The van der Waals surface area contributed by atoms with E-state index in [1.807, 2.05) is 30.3 Å². The van der Waals surface area contributed by atoms with E-state index in [2.05, 4.69) is 30.7 Å². The first-order valence-electron chi connectivity index (χ1n) is 10.1. The molecule has 3 aromatic rings. The van der Waals surface area contributed by atoms with Crippen LogP contribution in [0.5, 0.6) is 0 Å². The minimum Gasteiger partial charge on any atom is -0.352 e. The Labute approximate surface area is 180 Å². The van der Waals surface area contributed by atoms with Crippen molar-refractivity contribution in [1.82, 2.24) is 25.4 Å². The molecule has 158 valence electrons. The van der Waals surface area contributed by atoms with Gasteiger partial charge in [0.05, 0.1) is 6.54 Å². The van der Waals surface area contributed by atoms with Crippen LogP contribution in [0, 0.1) is 0 Å². The van der Waals surface area contributed by atoms with Gasteiger partial charge in [-0.25, -0.2) is 0 Å². The van der Waals surface area contributed by atoms with Crippen LogP contribution >= 0.6 is 0 Å². The molecular weight excluding hydrogens is 394 g/mol. The maximum absolute atomic E-state index is 12.4. The number of hydrogen-bond acceptors (Lipinski definition) is 7. The molecule has 9 nitrogen and oxygen atoms in total. The Hall–Kier alpha value is -4.01. The summed E-state index contributed by atoms with van der Waals surface area (Å²) < 4.78 is 0. The van der Waals surface area contributed by atoms with Crippen molar-refractivity contribution in [2.24, 2.45) is 0 Å². The summed E-state index contributed by atoms with van der Waals surface area (Å²) in [5.41, 5.74) is 1.43. The van der Waals surface area contributed by atoms with Gasteiger partial charge in [-0.1, -0.05) is 18.2 Å². The zero-order chi connectivity index (χ0) is 21.5. The maximum Gasteiger partial charge on any atom is 0.251 e. The lowest BCUT2D eigenvalue weighted by Gasteiger charge is -2.35. The number of nitrogens with zero attached hydrogens (tertiary/aromatic N) is 5. The fraction of sp³-hybridized carbons (Fsp3) is 0.227. The minimum absolute atomic E-state index is 0.0110. The number of anilines is 3. The Bertz CT molecular complexity index is 1010. The molecule has 31 heavy (non-hydrogen) atoms. The highest BCUT2D eigenvalue weighted by Gasteiger charge is 2.22. The van der Waals surface area contributed by atoms with Crippen LogP contribution in [0.1, 0.15) is 10.4 Å². The van der Waals surface area contributed by atoms with Crippen molar-refractivity contribution in [2.75, 3.05) is 42.9 Å². The summed E-state index contributed by atoms with van der Waals surface area (Å²) in [4.78, 5) is 32.4. The van der Waals surface area contributed by atoms with E-state index in [1.54, 1.807) is 41.6 Å². The maximum atomic E-state index is 12.4. The van der Waals surface area contributed by atoms with Crippen LogP contribution in [-0.4, -0.2) is 64.6 Å². The summed E-state index contributed by atoms with van der Waals surface area (Å²) in [6.07, 6.45) is 3.41. The van der Waals surface area contributed by atoms with E-state index < -0.39 is 0 Å². The second-order valence-electron chi connectivity index (χ2n) is 7.05. The number of hydrogen-bond donors (Lipinski definition) is 2. The van der Waals surface area contributed by atoms with Gasteiger partial charge in [0.2, 0.25) is 5.91 Å². The first-order chi connectivity index (χ1) is 15.2. The number of carbonyl (C=O) groups is 2. The molecule has 1 aromatic carbocycles.